The molecule has 1 aromatic carbocycles. The summed E-state index contributed by atoms with van der Waals surface area (Å²) in [5.41, 5.74) is 0.951. The van der Waals surface area contributed by atoms with Gasteiger partial charge in [0.05, 0.1) is 18.7 Å². The van der Waals surface area contributed by atoms with E-state index in [-0.39, 0.29) is 19.1 Å². The summed E-state index contributed by atoms with van der Waals surface area (Å²) >= 11 is 0. The highest BCUT2D eigenvalue weighted by molar-refractivity contribution is 5.94. The van der Waals surface area contributed by atoms with Crippen LogP contribution in [-0.2, 0) is 4.74 Å². The average Bonchev–Trinajstić information content (AvgIpc) is 2.60. The first-order chi connectivity index (χ1) is 11.2. The fourth-order valence-electron chi connectivity index (χ4n) is 1.85. The summed E-state index contributed by atoms with van der Waals surface area (Å²) in [6.45, 7) is 2.80. The van der Waals surface area contributed by atoms with Gasteiger partial charge in [-0.25, -0.2) is 4.79 Å². The minimum absolute atomic E-state index is 0.100. The summed E-state index contributed by atoms with van der Waals surface area (Å²) < 4.78 is 10.4. The van der Waals surface area contributed by atoms with Gasteiger partial charge in [-0.1, -0.05) is 0 Å². The quantitative estimate of drug-likeness (QED) is 0.625. The Bertz CT molecular complexity index is 641. The predicted octanol–water partition coefficient (Wildman–Crippen LogP) is 2.07. The average molecular weight is 314 g/mol. The van der Waals surface area contributed by atoms with E-state index in [0.717, 1.165) is 0 Å². The van der Waals surface area contributed by atoms with Crippen LogP contribution in [0.3, 0.4) is 0 Å². The lowest BCUT2D eigenvalue weighted by Crippen LogP contribution is -2.28. The van der Waals surface area contributed by atoms with E-state index < -0.39 is 5.97 Å². The maximum atomic E-state index is 11.8. The van der Waals surface area contributed by atoms with Gasteiger partial charge in [0.15, 0.2) is 0 Å². The molecule has 2 rings (SSSR count). The molecule has 0 unspecified atom stereocenters. The van der Waals surface area contributed by atoms with Gasteiger partial charge in [0.1, 0.15) is 12.4 Å². The van der Waals surface area contributed by atoms with Gasteiger partial charge < -0.3 is 14.8 Å². The molecule has 1 N–H and O–H groups in total. The number of nitrogens with one attached hydrogen (secondary N) is 1. The molecule has 0 aliphatic heterocycles. The third-order valence-electron chi connectivity index (χ3n) is 2.96. The van der Waals surface area contributed by atoms with Crippen molar-refractivity contribution in [2.75, 3.05) is 19.8 Å². The van der Waals surface area contributed by atoms with Gasteiger partial charge in [0, 0.05) is 18.0 Å². The summed E-state index contributed by atoms with van der Waals surface area (Å²) in [5, 5.41) is 2.67. The zero-order valence-corrected chi connectivity index (χ0v) is 12.8. The van der Waals surface area contributed by atoms with Crippen molar-refractivity contribution in [3.05, 3.63) is 59.9 Å². The number of hydrogen-bond acceptors (Lipinski definition) is 5. The van der Waals surface area contributed by atoms with Crippen LogP contribution in [-0.4, -0.2) is 36.6 Å². The Morgan fingerprint density at radius 2 is 1.74 bits per heavy atom. The van der Waals surface area contributed by atoms with Crippen LogP contribution in [0.5, 0.6) is 5.75 Å². The topological polar surface area (TPSA) is 77.5 Å². The number of aromatic nitrogens is 1. The number of benzene rings is 1. The van der Waals surface area contributed by atoms with Crippen molar-refractivity contribution in [3.8, 4) is 5.75 Å². The number of carbonyl (C=O) groups is 2. The number of carbonyl (C=O) groups excluding carboxylic acids is 2. The summed E-state index contributed by atoms with van der Waals surface area (Å²) in [5.74, 6) is 0.0318. The summed E-state index contributed by atoms with van der Waals surface area (Å²) in [6.07, 6.45) is 3.09. The molecule has 0 radical (unpaired) electrons. The molecule has 0 spiro atoms. The molecular formula is C17H18N2O4. The zero-order valence-electron chi connectivity index (χ0n) is 12.8. The van der Waals surface area contributed by atoms with Crippen LogP contribution in [0, 0.1) is 0 Å². The van der Waals surface area contributed by atoms with Crippen molar-refractivity contribution < 1.29 is 19.1 Å². The first kappa shape index (κ1) is 16.5. The van der Waals surface area contributed by atoms with E-state index in [1.165, 1.54) is 0 Å². The molecule has 6 heteroatoms. The van der Waals surface area contributed by atoms with E-state index in [2.05, 4.69) is 10.3 Å². The number of pyridine rings is 1. The van der Waals surface area contributed by atoms with Crippen LogP contribution < -0.4 is 10.1 Å². The van der Waals surface area contributed by atoms with Gasteiger partial charge in [-0.15, -0.1) is 0 Å². The first-order valence-corrected chi connectivity index (χ1v) is 7.29. The Labute approximate surface area is 134 Å². The van der Waals surface area contributed by atoms with E-state index in [9.17, 15) is 9.59 Å². The normalized spacial score (nSPS) is 9.96. The van der Waals surface area contributed by atoms with Crippen molar-refractivity contribution in [3.63, 3.8) is 0 Å². The number of esters is 1. The van der Waals surface area contributed by atoms with Crippen LogP contribution in [0.25, 0.3) is 0 Å². The van der Waals surface area contributed by atoms with Crippen LogP contribution >= 0.6 is 0 Å². The smallest absolute Gasteiger partial charge is 0.338 e. The Morgan fingerprint density at radius 1 is 1.04 bits per heavy atom. The minimum atomic E-state index is -0.439. The van der Waals surface area contributed by atoms with E-state index in [1.54, 1.807) is 48.8 Å². The van der Waals surface area contributed by atoms with Crippen LogP contribution in [0.1, 0.15) is 27.6 Å². The summed E-state index contributed by atoms with van der Waals surface area (Å²) in [4.78, 5) is 27.5. The molecule has 1 heterocycles. The molecule has 0 fully saturated rings. The third kappa shape index (κ3) is 5.10. The van der Waals surface area contributed by atoms with E-state index in [1.807, 2.05) is 6.92 Å². The number of amides is 1. The van der Waals surface area contributed by atoms with Gasteiger partial charge in [0.25, 0.3) is 5.91 Å². The van der Waals surface area contributed by atoms with Crippen molar-refractivity contribution in [1.82, 2.24) is 10.3 Å². The maximum Gasteiger partial charge on any atom is 0.338 e. The number of hydrogen-bond donors (Lipinski definition) is 1. The number of rotatable bonds is 7. The first-order valence-electron chi connectivity index (χ1n) is 7.29. The van der Waals surface area contributed by atoms with Crippen molar-refractivity contribution >= 4 is 11.9 Å². The van der Waals surface area contributed by atoms with Gasteiger partial charge in [-0.2, -0.15) is 0 Å². The molecule has 2 aromatic rings. The second kappa shape index (κ2) is 8.53. The molecule has 6 nitrogen and oxygen atoms in total. The standard InChI is InChI=1S/C17H18N2O4/c1-2-22-15-5-3-14(4-6-15)17(21)23-12-11-19-16(20)13-7-9-18-10-8-13/h3-10H,2,11-12H2,1H3,(H,19,20). The fraction of sp³-hybridized carbons (Fsp3) is 0.235. The molecule has 0 atom stereocenters. The molecule has 23 heavy (non-hydrogen) atoms. The molecule has 0 aliphatic carbocycles. The monoisotopic (exact) mass is 314 g/mol. The maximum absolute atomic E-state index is 11.8. The van der Waals surface area contributed by atoms with Crippen molar-refractivity contribution in [1.29, 1.82) is 0 Å². The van der Waals surface area contributed by atoms with E-state index in [4.69, 9.17) is 9.47 Å². The largest absolute Gasteiger partial charge is 0.494 e. The highest BCUT2D eigenvalue weighted by Gasteiger charge is 2.08. The second-order valence-electron chi connectivity index (χ2n) is 4.59. The molecule has 0 saturated carbocycles. The third-order valence-corrected chi connectivity index (χ3v) is 2.96. The minimum Gasteiger partial charge on any atom is -0.494 e. The molecule has 0 aliphatic rings. The zero-order chi connectivity index (χ0) is 16.5. The lowest BCUT2D eigenvalue weighted by Gasteiger charge is -2.07. The van der Waals surface area contributed by atoms with Gasteiger partial charge >= 0.3 is 5.97 Å². The van der Waals surface area contributed by atoms with E-state index in [0.29, 0.717) is 23.5 Å². The van der Waals surface area contributed by atoms with Crippen molar-refractivity contribution in [2.45, 2.75) is 6.92 Å². The van der Waals surface area contributed by atoms with Crippen LogP contribution in [0.2, 0.25) is 0 Å². The summed E-state index contributed by atoms with van der Waals surface area (Å²) in [6, 6.07) is 9.94. The van der Waals surface area contributed by atoms with Gasteiger partial charge in [-0.3, -0.25) is 9.78 Å². The number of nitrogens with zero attached hydrogens (tertiary/aromatic N) is 1. The molecule has 0 saturated heterocycles. The lowest BCUT2D eigenvalue weighted by molar-refractivity contribution is 0.0503. The fourth-order valence-corrected chi connectivity index (χ4v) is 1.85. The van der Waals surface area contributed by atoms with Crippen LogP contribution in [0.4, 0.5) is 0 Å². The van der Waals surface area contributed by atoms with Crippen molar-refractivity contribution in [2.24, 2.45) is 0 Å². The van der Waals surface area contributed by atoms with Gasteiger partial charge in [-0.05, 0) is 43.3 Å². The highest BCUT2D eigenvalue weighted by atomic mass is 16.5. The Morgan fingerprint density at radius 3 is 2.39 bits per heavy atom. The predicted molar refractivity (Wildman–Crippen MR) is 84.5 cm³/mol. The van der Waals surface area contributed by atoms with E-state index >= 15 is 0 Å². The molecule has 120 valence electrons. The van der Waals surface area contributed by atoms with Crippen LogP contribution in [0.15, 0.2) is 48.8 Å². The Balaban J connectivity index is 1.73. The SMILES string of the molecule is CCOc1ccc(C(=O)OCCNC(=O)c2ccncc2)cc1. The second-order valence-corrected chi connectivity index (χ2v) is 4.59. The molecule has 1 amide bonds. The number of ether oxygens (including phenoxy) is 2. The Hall–Kier alpha value is -2.89. The molecule has 1 aromatic heterocycles. The summed E-state index contributed by atoms with van der Waals surface area (Å²) in [7, 11) is 0. The highest BCUT2D eigenvalue weighted by Crippen LogP contribution is 2.12. The van der Waals surface area contributed by atoms with Gasteiger partial charge in [0.2, 0.25) is 0 Å². The molecular weight excluding hydrogens is 296 g/mol. The lowest BCUT2D eigenvalue weighted by atomic mass is 10.2. The molecule has 0 bridgehead atoms. The Kier molecular flexibility index (Phi) is 6.11.